The molecule has 0 radical (unpaired) electrons. The van der Waals surface area contributed by atoms with Crippen LogP contribution >= 0.6 is 51.5 Å². The quantitative estimate of drug-likeness (QED) is 0.265. The second-order valence-corrected chi connectivity index (χ2v) is 7.99. The molecule has 1 atom stereocenters. The number of halogens is 3. The van der Waals surface area contributed by atoms with E-state index < -0.39 is 5.60 Å². The van der Waals surface area contributed by atoms with Crippen LogP contribution in [0, 0.1) is 0 Å². The first-order valence-electron chi connectivity index (χ1n) is 8.88. The highest BCUT2D eigenvalue weighted by molar-refractivity contribution is 14.0. The predicted molar refractivity (Wildman–Crippen MR) is 125 cm³/mol. The van der Waals surface area contributed by atoms with Crippen molar-refractivity contribution in [3.05, 3.63) is 33.3 Å². The Morgan fingerprint density at radius 3 is 2.70 bits per heavy atom. The zero-order chi connectivity index (χ0) is 19.0. The maximum Gasteiger partial charge on any atom is 0.191 e. The molecule has 27 heavy (non-hydrogen) atoms. The summed E-state index contributed by atoms with van der Waals surface area (Å²) in [4.78, 5) is 6.79. The van der Waals surface area contributed by atoms with Crippen LogP contribution in [0.1, 0.15) is 19.4 Å². The third-order valence-corrected chi connectivity index (χ3v) is 4.92. The molecule has 1 saturated heterocycles. The van der Waals surface area contributed by atoms with Crippen molar-refractivity contribution in [2.45, 2.75) is 26.0 Å². The van der Waals surface area contributed by atoms with Gasteiger partial charge in [-0.2, -0.15) is 0 Å². The standard InChI is InChI=1S/C18H28BrClN4O2.HI/c1-3-21-17(22-11-14-4-5-15(19)10-16(14)20)23-12-18(2,25)13-24-6-8-26-9-7-24;/h4-5,10,25H,3,6-9,11-13H2,1-2H3,(H2,21,22,23);1H. The summed E-state index contributed by atoms with van der Waals surface area (Å²) < 4.78 is 6.30. The maximum atomic E-state index is 10.7. The minimum Gasteiger partial charge on any atom is -0.387 e. The van der Waals surface area contributed by atoms with E-state index in [0.29, 0.717) is 30.6 Å². The molecular weight excluding hydrogens is 546 g/mol. The molecule has 1 fully saturated rings. The number of morpholine rings is 1. The Labute approximate surface area is 192 Å². The molecule has 1 aliphatic heterocycles. The average Bonchev–Trinajstić information content (AvgIpc) is 2.59. The van der Waals surface area contributed by atoms with Crippen molar-refractivity contribution in [1.29, 1.82) is 0 Å². The second kappa shape index (κ2) is 12.4. The fourth-order valence-electron chi connectivity index (χ4n) is 2.73. The first-order chi connectivity index (χ1) is 12.4. The van der Waals surface area contributed by atoms with Gasteiger partial charge < -0.3 is 20.5 Å². The van der Waals surface area contributed by atoms with Crippen molar-refractivity contribution in [1.82, 2.24) is 15.5 Å². The van der Waals surface area contributed by atoms with Crippen LogP contribution in [-0.2, 0) is 11.3 Å². The number of β-amino-alcohol motifs (C(OH)–C–C–N with tert-alkyl or cyclic N) is 1. The zero-order valence-corrected chi connectivity index (χ0v) is 20.5. The Kier molecular flexibility index (Phi) is 11.5. The van der Waals surface area contributed by atoms with Crippen molar-refractivity contribution in [3.8, 4) is 0 Å². The number of nitrogens with zero attached hydrogens (tertiary/aromatic N) is 2. The number of aliphatic hydroxyl groups is 1. The fraction of sp³-hybridized carbons (Fsp3) is 0.611. The van der Waals surface area contributed by atoms with Gasteiger partial charge in [0.1, 0.15) is 0 Å². The number of guanidine groups is 1. The summed E-state index contributed by atoms with van der Waals surface area (Å²) in [7, 11) is 0. The van der Waals surface area contributed by atoms with E-state index in [1.54, 1.807) is 0 Å². The molecule has 0 bridgehead atoms. The summed E-state index contributed by atoms with van der Waals surface area (Å²) in [6.45, 7) is 9.21. The molecule has 1 aliphatic rings. The molecule has 6 nitrogen and oxygen atoms in total. The van der Waals surface area contributed by atoms with Gasteiger partial charge in [-0.15, -0.1) is 24.0 Å². The number of rotatable bonds is 7. The van der Waals surface area contributed by atoms with Crippen LogP contribution in [-0.4, -0.2) is 67.5 Å². The van der Waals surface area contributed by atoms with E-state index in [9.17, 15) is 5.11 Å². The van der Waals surface area contributed by atoms with Crippen molar-refractivity contribution in [2.24, 2.45) is 4.99 Å². The van der Waals surface area contributed by atoms with Gasteiger partial charge >= 0.3 is 0 Å². The van der Waals surface area contributed by atoms with Gasteiger partial charge in [0.15, 0.2) is 5.96 Å². The van der Waals surface area contributed by atoms with Gasteiger partial charge in [-0.25, -0.2) is 4.99 Å². The summed E-state index contributed by atoms with van der Waals surface area (Å²) in [6, 6.07) is 5.76. The Hall–Kier alpha value is -0.130. The Bertz CT molecular complexity index is 613. The van der Waals surface area contributed by atoms with Crippen LogP contribution in [0.25, 0.3) is 0 Å². The number of hydrogen-bond donors (Lipinski definition) is 3. The Morgan fingerprint density at radius 1 is 1.37 bits per heavy atom. The topological polar surface area (TPSA) is 69.1 Å². The van der Waals surface area contributed by atoms with E-state index in [4.69, 9.17) is 16.3 Å². The van der Waals surface area contributed by atoms with Crippen molar-refractivity contribution < 1.29 is 9.84 Å². The van der Waals surface area contributed by atoms with Gasteiger partial charge in [0.2, 0.25) is 0 Å². The van der Waals surface area contributed by atoms with Crippen LogP contribution in [0.15, 0.2) is 27.7 Å². The minimum atomic E-state index is -0.858. The highest BCUT2D eigenvalue weighted by Gasteiger charge is 2.25. The number of benzene rings is 1. The molecule has 0 amide bonds. The molecule has 1 aromatic carbocycles. The molecule has 3 N–H and O–H groups in total. The van der Waals surface area contributed by atoms with E-state index in [-0.39, 0.29) is 24.0 Å². The molecule has 0 aliphatic carbocycles. The highest BCUT2D eigenvalue weighted by Crippen LogP contribution is 2.21. The van der Waals surface area contributed by atoms with Gasteiger partial charge in [-0.3, -0.25) is 4.90 Å². The van der Waals surface area contributed by atoms with Gasteiger partial charge in [-0.1, -0.05) is 33.6 Å². The van der Waals surface area contributed by atoms with Gasteiger partial charge in [0, 0.05) is 42.2 Å². The zero-order valence-electron chi connectivity index (χ0n) is 15.8. The monoisotopic (exact) mass is 574 g/mol. The van der Waals surface area contributed by atoms with E-state index in [2.05, 4.69) is 36.5 Å². The predicted octanol–water partition coefficient (Wildman–Crippen LogP) is 2.86. The van der Waals surface area contributed by atoms with Crippen molar-refractivity contribution >= 4 is 57.5 Å². The number of ether oxygens (including phenoxy) is 1. The third kappa shape index (κ3) is 9.27. The minimum absolute atomic E-state index is 0. The normalized spacial score (nSPS) is 17.7. The lowest BCUT2D eigenvalue weighted by Crippen LogP contribution is -2.52. The van der Waals surface area contributed by atoms with Crippen LogP contribution < -0.4 is 10.6 Å². The summed E-state index contributed by atoms with van der Waals surface area (Å²) in [5.74, 6) is 0.661. The molecule has 0 spiro atoms. The average molecular weight is 576 g/mol. The van der Waals surface area contributed by atoms with Crippen molar-refractivity contribution in [2.75, 3.05) is 45.9 Å². The highest BCUT2D eigenvalue weighted by atomic mass is 127. The van der Waals surface area contributed by atoms with E-state index in [1.165, 1.54) is 0 Å². The first kappa shape index (κ1) is 24.9. The molecule has 154 valence electrons. The molecule has 0 aromatic heterocycles. The molecule has 9 heteroatoms. The van der Waals surface area contributed by atoms with E-state index >= 15 is 0 Å². The van der Waals surface area contributed by atoms with Gasteiger partial charge in [0.25, 0.3) is 0 Å². The smallest absolute Gasteiger partial charge is 0.191 e. The van der Waals surface area contributed by atoms with Gasteiger partial charge in [0.05, 0.1) is 25.4 Å². The molecule has 0 saturated carbocycles. The summed E-state index contributed by atoms with van der Waals surface area (Å²) in [5, 5.41) is 17.8. The Balaban J connectivity index is 0.00000364. The lowest BCUT2D eigenvalue weighted by Gasteiger charge is -2.34. The lowest BCUT2D eigenvalue weighted by molar-refractivity contribution is -0.0201. The lowest BCUT2D eigenvalue weighted by atomic mass is 10.1. The number of nitrogens with one attached hydrogen (secondary N) is 2. The number of aliphatic imine (C=N–C) groups is 1. The van der Waals surface area contributed by atoms with Crippen LogP contribution in [0.3, 0.4) is 0 Å². The van der Waals surface area contributed by atoms with E-state index in [1.807, 2.05) is 32.0 Å². The maximum absolute atomic E-state index is 10.7. The molecule has 1 heterocycles. The third-order valence-electron chi connectivity index (χ3n) is 4.07. The number of hydrogen-bond acceptors (Lipinski definition) is 4. The van der Waals surface area contributed by atoms with Gasteiger partial charge in [-0.05, 0) is 31.5 Å². The molecule has 1 unspecified atom stereocenters. The SMILES string of the molecule is CCNC(=NCc1ccc(Br)cc1Cl)NCC(C)(O)CN1CCOCC1.I. The van der Waals surface area contributed by atoms with Crippen molar-refractivity contribution in [3.63, 3.8) is 0 Å². The van der Waals surface area contributed by atoms with Crippen LogP contribution in [0.2, 0.25) is 5.02 Å². The summed E-state index contributed by atoms with van der Waals surface area (Å²) in [5.41, 5.74) is 0.0927. The van der Waals surface area contributed by atoms with Crippen LogP contribution in [0.5, 0.6) is 0 Å². The largest absolute Gasteiger partial charge is 0.387 e. The molecule has 1 aromatic rings. The molecule has 2 rings (SSSR count). The first-order valence-corrected chi connectivity index (χ1v) is 10.1. The second-order valence-electron chi connectivity index (χ2n) is 6.67. The summed E-state index contributed by atoms with van der Waals surface area (Å²) >= 11 is 9.66. The Morgan fingerprint density at radius 2 is 2.07 bits per heavy atom. The van der Waals surface area contributed by atoms with E-state index in [0.717, 1.165) is 42.9 Å². The summed E-state index contributed by atoms with van der Waals surface area (Å²) in [6.07, 6.45) is 0. The van der Waals surface area contributed by atoms with Crippen LogP contribution in [0.4, 0.5) is 0 Å². The fourth-order valence-corrected chi connectivity index (χ4v) is 3.46. The molecular formula is C18H29BrClIN4O2.